The second-order valence-electron chi connectivity index (χ2n) is 8.54. The lowest BCUT2D eigenvalue weighted by molar-refractivity contribution is -0.133. The van der Waals surface area contributed by atoms with Crippen molar-refractivity contribution in [3.8, 4) is 5.75 Å². The monoisotopic (exact) mass is 416 g/mol. The third-order valence-electron chi connectivity index (χ3n) is 6.39. The van der Waals surface area contributed by atoms with Crippen LogP contribution in [0.3, 0.4) is 0 Å². The van der Waals surface area contributed by atoms with Crippen molar-refractivity contribution >= 4 is 17.5 Å². The van der Waals surface area contributed by atoms with Gasteiger partial charge in [-0.05, 0) is 43.1 Å². The molecule has 2 N–H and O–H groups in total. The lowest BCUT2D eigenvalue weighted by Crippen LogP contribution is -2.52. The van der Waals surface area contributed by atoms with E-state index in [9.17, 15) is 9.59 Å². The predicted octanol–water partition coefficient (Wildman–Crippen LogP) is 2.10. The molecule has 1 aromatic carbocycles. The van der Waals surface area contributed by atoms with Crippen LogP contribution in [0.25, 0.3) is 0 Å². The van der Waals surface area contributed by atoms with Crippen LogP contribution in [0.15, 0.2) is 24.3 Å². The van der Waals surface area contributed by atoms with Crippen LogP contribution in [-0.4, -0.2) is 74.5 Å². The van der Waals surface area contributed by atoms with E-state index in [-0.39, 0.29) is 24.9 Å². The van der Waals surface area contributed by atoms with Crippen LogP contribution in [0.4, 0.5) is 5.69 Å². The molecular weight excluding hydrogens is 380 g/mol. The molecule has 1 aliphatic carbocycles. The van der Waals surface area contributed by atoms with Gasteiger partial charge in [-0.1, -0.05) is 32.1 Å². The maximum atomic E-state index is 12.9. The number of carbonyl (C=O) groups excluding carboxylic acids is 2. The molecule has 0 aromatic heterocycles. The second-order valence-corrected chi connectivity index (χ2v) is 8.54. The number of primary amides is 1. The highest BCUT2D eigenvalue weighted by Gasteiger charge is 2.24. The lowest BCUT2D eigenvalue weighted by Gasteiger charge is -2.37. The predicted molar refractivity (Wildman–Crippen MR) is 119 cm³/mol. The van der Waals surface area contributed by atoms with Crippen LogP contribution in [0.5, 0.6) is 5.75 Å². The van der Waals surface area contributed by atoms with Gasteiger partial charge in [0, 0.05) is 31.9 Å². The fourth-order valence-electron chi connectivity index (χ4n) is 4.57. The summed E-state index contributed by atoms with van der Waals surface area (Å²) in [5.74, 6) is 1.29. The van der Waals surface area contributed by atoms with Gasteiger partial charge in [-0.2, -0.15) is 0 Å². The molecule has 3 rings (SSSR count). The number of hydrogen-bond acceptors (Lipinski definition) is 5. The van der Waals surface area contributed by atoms with Crippen molar-refractivity contribution in [2.75, 3.05) is 57.8 Å². The molecule has 1 aromatic rings. The van der Waals surface area contributed by atoms with Gasteiger partial charge in [0.1, 0.15) is 5.75 Å². The summed E-state index contributed by atoms with van der Waals surface area (Å²) in [6.45, 7) is 4.19. The van der Waals surface area contributed by atoms with Crippen molar-refractivity contribution in [2.45, 2.75) is 38.5 Å². The van der Waals surface area contributed by atoms with Crippen molar-refractivity contribution in [1.29, 1.82) is 0 Å². The standard InChI is InChI=1S/C23H36N4O3/c1-30-21-9-7-20(8-10-21)26-13-15-27(16-14-26)23(29)18-25(17-22(24)28)12-11-19-5-3-2-4-6-19/h7-10,19H,2-6,11-18H2,1H3,(H2,24,28). The molecule has 30 heavy (non-hydrogen) atoms. The summed E-state index contributed by atoms with van der Waals surface area (Å²) >= 11 is 0. The average Bonchev–Trinajstić information content (AvgIpc) is 2.78. The van der Waals surface area contributed by atoms with Gasteiger partial charge in [0.05, 0.1) is 20.2 Å². The Bertz CT molecular complexity index is 680. The first-order valence-electron chi connectivity index (χ1n) is 11.2. The zero-order valence-electron chi connectivity index (χ0n) is 18.2. The number of anilines is 1. The van der Waals surface area contributed by atoms with Crippen LogP contribution in [0.1, 0.15) is 38.5 Å². The number of hydrogen-bond donors (Lipinski definition) is 1. The number of carbonyl (C=O) groups is 2. The van der Waals surface area contributed by atoms with Crippen molar-refractivity contribution in [3.05, 3.63) is 24.3 Å². The molecule has 0 unspecified atom stereocenters. The van der Waals surface area contributed by atoms with Gasteiger partial charge < -0.3 is 20.3 Å². The summed E-state index contributed by atoms with van der Waals surface area (Å²) in [5.41, 5.74) is 6.58. The first-order valence-corrected chi connectivity index (χ1v) is 11.2. The van der Waals surface area contributed by atoms with E-state index in [1.807, 2.05) is 21.9 Å². The molecule has 166 valence electrons. The summed E-state index contributed by atoms with van der Waals surface area (Å²) in [6.07, 6.45) is 7.53. The highest BCUT2D eigenvalue weighted by atomic mass is 16.5. The molecule has 2 amide bonds. The number of amides is 2. The Balaban J connectivity index is 1.47. The van der Waals surface area contributed by atoms with Crippen LogP contribution < -0.4 is 15.4 Å². The molecule has 2 fully saturated rings. The highest BCUT2D eigenvalue weighted by Crippen LogP contribution is 2.26. The van der Waals surface area contributed by atoms with E-state index in [2.05, 4.69) is 17.0 Å². The highest BCUT2D eigenvalue weighted by molar-refractivity contribution is 5.80. The van der Waals surface area contributed by atoms with E-state index in [0.717, 1.165) is 43.4 Å². The molecule has 0 atom stereocenters. The Labute approximate surface area is 180 Å². The molecule has 0 spiro atoms. The summed E-state index contributed by atoms with van der Waals surface area (Å²) in [5, 5.41) is 0. The zero-order chi connectivity index (χ0) is 21.3. The number of ether oxygens (including phenoxy) is 1. The van der Waals surface area contributed by atoms with Gasteiger partial charge in [-0.15, -0.1) is 0 Å². The molecule has 7 nitrogen and oxygen atoms in total. The van der Waals surface area contributed by atoms with Crippen LogP contribution >= 0.6 is 0 Å². The van der Waals surface area contributed by atoms with E-state index in [1.54, 1.807) is 7.11 Å². The molecule has 1 aliphatic heterocycles. The Hall–Kier alpha value is -2.28. The summed E-state index contributed by atoms with van der Waals surface area (Å²) in [7, 11) is 1.66. The largest absolute Gasteiger partial charge is 0.497 e. The van der Waals surface area contributed by atoms with E-state index in [1.165, 1.54) is 32.1 Å². The third-order valence-corrected chi connectivity index (χ3v) is 6.39. The van der Waals surface area contributed by atoms with Crippen molar-refractivity contribution in [1.82, 2.24) is 9.80 Å². The molecule has 7 heteroatoms. The Morgan fingerprint density at radius 3 is 2.30 bits per heavy atom. The number of nitrogens with two attached hydrogens (primary N) is 1. The number of piperazine rings is 1. The van der Waals surface area contributed by atoms with Crippen molar-refractivity contribution < 1.29 is 14.3 Å². The maximum absolute atomic E-state index is 12.9. The Morgan fingerprint density at radius 1 is 1.03 bits per heavy atom. The molecule has 0 radical (unpaired) electrons. The molecule has 2 aliphatic rings. The zero-order valence-corrected chi connectivity index (χ0v) is 18.2. The van der Waals surface area contributed by atoms with Crippen LogP contribution in [-0.2, 0) is 9.59 Å². The molecule has 1 heterocycles. The number of rotatable bonds is 9. The smallest absolute Gasteiger partial charge is 0.236 e. The first kappa shape index (κ1) is 22.4. The molecular formula is C23H36N4O3. The summed E-state index contributed by atoms with van der Waals surface area (Å²) in [4.78, 5) is 30.5. The fraction of sp³-hybridized carbons (Fsp3) is 0.652. The second kappa shape index (κ2) is 11.2. The van der Waals surface area contributed by atoms with Crippen molar-refractivity contribution in [3.63, 3.8) is 0 Å². The molecule has 1 saturated heterocycles. The minimum Gasteiger partial charge on any atom is -0.497 e. The fourth-order valence-corrected chi connectivity index (χ4v) is 4.57. The van der Waals surface area contributed by atoms with Gasteiger partial charge >= 0.3 is 0 Å². The van der Waals surface area contributed by atoms with Crippen LogP contribution in [0.2, 0.25) is 0 Å². The van der Waals surface area contributed by atoms with Crippen LogP contribution in [0, 0.1) is 5.92 Å². The van der Waals surface area contributed by atoms with E-state index < -0.39 is 0 Å². The lowest BCUT2D eigenvalue weighted by atomic mass is 9.87. The average molecular weight is 417 g/mol. The number of nitrogens with zero attached hydrogens (tertiary/aromatic N) is 3. The van der Waals surface area contributed by atoms with E-state index in [0.29, 0.717) is 13.1 Å². The normalized spacial score (nSPS) is 17.9. The van der Waals surface area contributed by atoms with Gasteiger partial charge in [0.25, 0.3) is 0 Å². The third kappa shape index (κ3) is 6.62. The Morgan fingerprint density at radius 2 is 1.70 bits per heavy atom. The molecule has 1 saturated carbocycles. The van der Waals surface area contributed by atoms with Gasteiger partial charge in [0.2, 0.25) is 11.8 Å². The minimum absolute atomic E-state index is 0.0919. The topological polar surface area (TPSA) is 79.1 Å². The van der Waals surface area contributed by atoms with Gasteiger partial charge in [-0.3, -0.25) is 14.5 Å². The SMILES string of the molecule is COc1ccc(N2CCN(C(=O)CN(CCC3CCCCC3)CC(N)=O)CC2)cc1. The van der Waals surface area contributed by atoms with Gasteiger partial charge in [0.15, 0.2) is 0 Å². The minimum atomic E-state index is -0.365. The quantitative estimate of drug-likeness (QED) is 0.667. The number of methoxy groups -OCH3 is 1. The van der Waals surface area contributed by atoms with E-state index in [4.69, 9.17) is 10.5 Å². The summed E-state index contributed by atoms with van der Waals surface area (Å²) in [6, 6.07) is 8.02. The van der Waals surface area contributed by atoms with Gasteiger partial charge in [-0.25, -0.2) is 0 Å². The maximum Gasteiger partial charge on any atom is 0.236 e. The summed E-state index contributed by atoms with van der Waals surface area (Å²) < 4.78 is 5.22. The first-order chi connectivity index (χ1) is 14.5. The van der Waals surface area contributed by atoms with E-state index >= 15 is 0 Å². The Kier molecular flexibility index (Phi) is 8.37. The molecule has 0 bridgehead atoms. The van der Waals surface area contributed by atoms with Crippen molar-refractivity contribution in [2.24, 2.45) is 11.7 Å². The number of benzene rings is 1.